The van der Waals surface area contributed by atoms with Crippen molar-refractivity contribution in [2.45, 2.75) is 19.1 Å². The van der Waals surface area contributed by atoms with Crippen LogP contribution in [-0.4, -0.2) is 41.5 Å². The van der Waals surface area contributed by atoms with Crippen molar-refractivity contribution in [1.82, 2.24) is 15.2 Å². The maximum absolute atomic E-state index is 12.9. The molecule has 24 heavy (non-hydrogen) atoms. The number of nitrogens with one attached hydrogen (secondary N) is 1. The van der Waals surface area contributed by atoms with Crippen molar-refractivity contribution < 1.29 is 9.53 Å². The van der Waals surface area contributed by atoms with Crippen LogP contribution in [0.4, 0.5) is 0 Å². The van der Waals surface area contributed by atoms with Crippen molar-refractivity contribution in [3.05, 3.63) is 59.4 Å². The van der Waals surface area contributed by atoms with Gasteiger partial charge in [-0.3, -0.25) is 9.78 Å². The lowest BCUT2D eigenvalue weighted by molar-refractivity contribution is -0.141. The van der Waals surface area contributed by atoms with Crippen LogP contribution in [0.2, 0.25) is 5.02 Å². The van der Waals surface area contributed by atoms with Gasteiger partial charge < -0.3 is 15.0 Å². The summed E-state index contributed by atoms with van der Waals surface area (Å²) in [5.74, 6) is 0.535. The van der Waals surface area contributed by atoms with Gasteiger partial charge in [0.15, 0.2) is 6.10 Å². The Morgan fingerprint density at radius 2 is 2.21 bits per heavy atom. The molecular weight excluding hydrogens is 326 g/mol. The van der Waals surface area contributed by atoms with Crippen LogP contribution in [-0.2, 0) is 4.79 Å². The van der Waals surface area contributed by atoms with Gasteiger partial charge in [0.2, 0.25) is 0 Å². The van der Waals surface area contributed by atoms with E-state index in [4.69, 9.17) is 16.3 Å². The standard InChI is InChI=1S/C18H20ClN3O2/c1-13(24-14-5-4-8-20-11-14)18(23)22-10-9-21-12-17(22)15-6-2-3-7-16(15)19/h2-8,11,13,17,21H,9-10,12H2,1H3. The van der Waals surface area contributed by atoms with E-state index in [0.717, 1.165) is 12.1 Å². The molecule has 5 nitrogen and oxygen atoms in total. The normalized spacial score (nSPS) is 18.9. The largest absolute Gasteiger partial charge is 0.479 e. The molecule has 0 bridgehead atoms. The van der Waals surface area contributed by atoms with Crippen molar-refractivity contribution in [2.75, 3.05) is 19.6 Å². The van der Waals surface area contributed by atoms with Crippen molar-refractivity contribution in [1.29, 1.82) is 0 Å². The molecule has 0 spiro atoms. The molecule has 126 valence electrons. The van der Waals surface area contributed by atoms with E-state index in [1.807, 2.05) is 29.2 Å². The third kappa shape index (κ3) is 3.68. The van der Waals surface area contributed by atoms with E-state index in [1.54, 1.807) is 31.5 Å². The second-order valence-corrected chi connectivity index (χ2v) is 6.13. The highest BCUT2D eigenvalue weighted by molar-refractivity contribution is 6.31. The summed E-state index contributed by atoms with van der Waals surface area (Å²) in [4.78, 5) is 18.8. The van der Waals surface area contributed by atoms with Crippen LogP contribution in [0.3, 0.4) is 0 Å². The molecule has 2 unspecified atom stereocenters. The first-order valence-corrected chi connectivity index (χ1v) is 8.37. The first kappa shape index (κ1) is 16.7. The molecule has 1 N–H and O–H groups in total. The highest BCUT2D eigenvalue weighted by atomic mass is 35.5. The molecule has 1 aliphatic rings. The van der Waals surface area contributed by atoms with Gasteiger partial charge in [-0.25, -0.2) is 0 Å². The average Bonchev–Trinajstić information content (AvgIpc) is 2.62. The molecule has 2 heterocycles. The Hall–Kier alpha value is -2.11. The highest BCUT2D eigenvalue weighted by Gasteiger charge is 2.32. The first-order valence-electron chi connectivity index (χ1n) is 7.99. The van der Waals surface area contributed by atoms with Crippen LogP contribution in [0.1, 0.15) is 18.5 Å². The molecule has 6 heteroatoms. The third-order valence-electron chi connectivity index (χ3n) is 4.09. The van der Waals surface area contributed by atoms with E-state index >= 15 is 0 Å². The van der Waals surface area contributed by atoms with Gasteiger partial charge in [0, 0.05) is 30.9 Å². The topological polar surface area (TPSA) is 54.5 Å². The zero-order chi connectivity index (χ0) is 16.9. The molecule has 1 aromatic heterocycles. The Kier molecular flexibility index (Phi) is 5.33. The Morgan fingerprint density at radius 1 is 1.38 bits per heavy atom. The van der Waals surface area contributed by atoms with E-state index in [2.05, 4.69) is 10.3 Å². The summed E-state index contributed by atoms with van der Waals surface area (Å²) < 4.78 is 5.74. The number of aromatic nitrogens is 1. The van der Waals surface area contributed by atoms with Gasteiger partial charge in [-0.2, -0.15) is 0 Å². The van der Waals surface area contributed by atoms with Crippen LogP contribution in [0.25, 0.3) is 0 Å². The molecule has 0 aliphatic carbocycles. The molecule has 0 radical (unpaired) electrons. The summed E-state index contributed by atoms with van der Waals surface area (Å²) in [6, 6.07) is 11.1. The predicted molar refractivity (Wildman–Crippen MR) is 93.1 cm³/mol. The van der Waals surface area contributed by atoms with Gasteiger partial charge in [-0.15, -0.1) is 0 Å². The fourth-order valence-electron chi connectivity index (χ4n) is 2.90. The van der Waals surface area contributed by atoms with Gasteiger partial charge >= 0.3 is 0 Å². The number of carbonyl (C=O) groups excluding carboxylic acids is 1. The fraction of sp³-hybridized carbons (Fsp3) is 0.333. The summed E-state index contributed by atoms with van der Waals surface area (Å²) in [5.41, 5.74) is 0.952. The lowest BCUT2D eigenvalue weighted by Gasteiger charge is -2.38. The van der Waals surface area contributed by atoms with Crippen molar-refractivity contribution in [3.8, 4) is 5.75 Å². The number of hydrogen-bond donors (Lipinski definition) is 1. The van der Waals surface area contributed by atoms with E-state index in [9.17, 15) is 4.79 Å². The second kappa shape index (κ2) is 7.64. The molecule has 2 atom stereocenters. The van der Waals surface area contributed by atoms with Crippen LogP contribution >= 0.6 is 11.6 Å². The Labute approximate surface area is 146 Å². The van der Waals surface area contributed by atoms with E-state index in [1.165, 1.54) is 0 Å². The minimum atomic E-state index is -0.586. The number of halogens is 1. The molecule has 1 fully saturated rings. The van der Waals surface area contributed by atoms with Gasteiger partial charge in [-0.05, 0) is 30.7 Å². The maximum Gasteiger partial charge on any atom is 0.263 e. The summed E-state index contributed by atoms with van der Waals surface area (Å²) in [6.07, 6.45) is 2.69. The van der Waals surface area contributed by atoms with Crippen molar-refractivity contribution >= 4 is 17.5 Å². The minimum Gasteiger partial charge on any atom is -0.479 e. The van der Waals surface area contributed by atoms with E-state index in [-0.39, 0.29) is 11.9 Å². The summed E-state index contributed by atoms with van der Waals surface area (Å²) in [5, 5.41) is 4.00. The number of carbonyl (C=O) groups is 1. The smallest absolute Gasteiger partial charge is 0.263 e. The third-order valence-corrected chi connectivity index (χ3v) is 4.43. The average molecular weight is 346 g/mol. The summed E-state index contributed by atoms with van der Waals surface area (Å²) in [6.45, 7) is 3.82. The molecule has 1 saturated heterocycles. The van der Waals surface area contributed by atoms with E-state index < -0.39 is 6.10 Å². The Bertz CT molecular complexity index is 696. The van der Waals surface area contributed by atoms with Crippen molar-refractivity contribution in [2.24, 2.45) is 0 Å². The Morgan fingerprint density at radius 3 is 2.96 bits per heavy atom. The van der Waals surface area contributed by atoms with Gasteiger partial charge in [-0.1, -0.05) is 29.8 Å². The highest BCUT2D eigenvalue weighted by Crippen LogP contribution is 2.29. The number of ether oxygens (including phenoxy) is 1. The Balaban J connectivity index is 1.77. The number of hydrogen-bond acceptors (Lipinski definition) is 4. The van der Waals surface area contributed by atoms with Crippen LogP contribution < -0.4 is 10.1 Å². The number of amides is 1. The van der Waals surface area contributed by atoms with Gasteiger partial charge in [0.25, 0.3) is 5.91 Å². The summed E-state index contributed by atoms with van der Waals surface area (Å²) >= 11 is 6.33. The maximum atomic E-state index is 12.9. The molecule has 0 saturated carbocycles. The molecular formula is C18H20ClN3O2. The second-order valence-electron chi connectivity index (χ2n) is 5.72. The number of rotatable bonds is 4. The number of piperazine rings is 1. The van der Waals surface area contributed by atoms with Crippen LogP contribution in [0.15, 0.2) is 48.8 Å². The lowest BCUT2D eigenvalue weighted by atomic mass is 10.0. The van der Waals surface area contributed by atoms with Crippen molar-refractivity contribution in [3.63, 3.8) is 0 Å². The fourth-order valence-corrected chi connectivity index (χ4v) is 3.16. The molecule has 1 amide bonds. The SMILES string of the molecule is CC(Oc1cccnc1)C(=O)N1CCNCC1c1ccccc1Cl. The van der Waals surface area contributed by atoms with Crippen LogP contribution in [0.5, 0.6) is 5.75 Å². The summed E-state index contributed by atoms with van der Waals surface area (Å²) in [7, 11) is 0. The quantitative estimate of drug-likeness (QED) is 0.925. The molecule has 1 aromatic carbocycles. The monoisotopic (exact) mass is 345 g/mol. The molecule has 3 rings (SSSR count). The van der Waals surface area contributed by atoms with Gasteiger partial charge in [0.05, 0.1) is 12.2 Å². The number of benzene rings is 1. The minimum absolute atomic E-state index is 0.0507. The molecule has 1 aliphatic heterocycles. The lowest BCUT2D eigenvalue weighted by Crippen LogP contribution is -2.52. The zero-order valence-electron chi connectivity index (χ0n) is 13.5. The van der Waals surface area contributed by atoms with E-state index in [0.29, 0.717) is 23.9 Å². The first-order chi connectivity index (χ1) is 11.7. The number of pyridine rings is 1. The number of nitrogens with zero attached hydrogens (tertiary/aromatic N) is 2. The van der Waals surface area contributed by atoms with Crippen LogP contribution in [0, 0.1) is 0 Å². The predicted octanol–water partition coefficient (Wildman–Crippen LogP) is 2.68. The van der Waals surface area contributed by atoms with Gasteiger partial charge in [0.1, 0.15) is 5.75 Å². The zero-order valence-corrected chi connectivity index (χ0v) is 14.2. The molecule has 2 aromatic rings.